The van der Waals surface area contributed by atoms with E-state index in [2.05, 4.69) is 6.58 Å². The molecular weight excluding hydrogens is 136 g/mol. The molecule has 4 saturated carbocycles. The number of hydrogen-bond donors (Lipinski definition) is 1. The van der Waals surface area contributed by atoms with Crippen molar-refractivity contribution in [3.8, 4) is 0 Å². The average molecular weight is 150 g/mol. The molecule has 0 aliphatic heterocycles. The van der Waals surface area contributed by atoms with E-state index >= 15 is 0 Å². The Balaban J connectivity index is 2.17. The van der Waals surface area contributed by atoms with Crippen LogP contribution in [0.5, 0.6) is 0 Å². The summed E-state index contributed by atoms with van der Waals surface area (Å²) in [6.07, 6.45) is 2.59. The lowest BCUT2D eigenvalue weighted by molar-refractivity contribution is -0.00543. The molecule has 1 heteroatoms. The smallest absolute Gasteiger partial charge is 0.0721 e. The van der Waals surface area contributed by atoms with E-state index in [0.29, 0.717) is 17.8 Å². The Bertz CT molecular complexity index is 241. The van der Waals surface area contributed by atoms with Crippen molar-refractivity contribution in [3.05, 3.63) is 12.2 Å². The van der Waals surface area contributed by atoms with Crippen LogP contribution >= 0.6 is 0 Å². The van der Waals surface area contributed by atoms with Crippen LogP contribution in [-0.4, -0.2) is 10.7 Å². The van der Waals surface area contributed by atoms with Gasteiger partial charge in [0, 0.05) is 5.92 Å². The molecule has 0 radical (unpaired) electrons. The van der Waals surface area contributed by atoms with Crippen molar-refractivity contribution in [2.75, 3.05) is 0 Å². The minimum Gasteiger partial charge on any atom is -0.389 e. The third kappa shape index (κ3) is 0.451. The van der Waals surface area contributed by atoms with Gasteiger partial charge in [0.05, 0.1) is 5.60 Å². The minimum atomic E-state index is -0.384. The summed E-state index contributed by atoms with van der Waals surface area (Å²) in [4.78, 5) is 0. The molecule has 0 amide bonds. The van der Waals surface area contributed by atoms with Crippen molar-refractivity contribution in [3.63, 3.8) is 0 Å². The van der Waals surface area contributed by atoms with Crippen LogP contribution in [0.4, 0.5) is 0 Å². The lowest BCUT2D eigenvalue weighted by atomic mass is 9.86. The molecule has 1 nitrogen and oxygen atoms in total. The van der Waals surface area contributed by atoms with Gasteiger partial charge in [-0.1, -0.05) is 12.2 Å². The molecule has 0 aromatic heterocycles. The van der Waals surface area contributed by atoms with Gasteiger partial charge in [0.1, 0.15) is 0 Å². The van der Waals surface area contributed by atoms with Crippen molar-refractivity contribution < 1.29 is 5.11 Å². The van der Waals surface area contributed by atoms with Crippen LogP contribution in [0.15, 0.2) is 12.2 Å². The predicted octanol–water partition coefficient (Wildman–Crippen LogP) is 1.58. The average Bonchev–Trinajstić information content (AvgIpc) is 2.50. The van der Waals surface area contributed by atoms with Crippen molar-refractivity contribution >= 4 is 0 Å². The summed E-state index contributed by atoms with van der Waals surface area (Å²) in [7, 11) is 0. The summed E-state index contributed by atoms with van der Waals surface area (Å²) in [5.74, 6) is 2.48. The zero-order valence-electron chi connectivity index (χ0n) is 6.88. The van der Waals surface area contributed by atoms with E-state index < -0.39 is 0 Å². The first-order chi connectivity index (χ1) is 5.12. The fraction of sp³-hybridized carbons (Fsp3) is 0.800. The van der Waals surface area contributed by atoms with Gasteiger partial charge in [-0.15, -0.1) is 0 Å². The highest BCUT2D eigenvalue weighted by atomic mass is 16.3. The van der Waals surface area contributed by atoms with Crippen molar-refractivity contribution in [2.45, 2.75) is 25.4 Å². The van der Waals surface area contributed by atoms with Gasteiger partial charge in [0.15, 0.2) is 0 Å². The molecule has 0 spiro atoms. The quantitative estimate of drug-likeness (QED) is 0.520. The molecular formula is C10H14O. The Morgan fingerprint density at radius 3 is 2.55 bits per heavy atom. The van der Waals surface area contributed by atoms with E-state index in [1.165, 1.54) is 18.4 Å². The highest BCUT2D eigenvalue weighted by Crippen LogP contribution is 2.69. The maximum atomic E-state index is 10.1. The molecule has 4 bridgehead atoms. The van der Waals surface area contributed by atoms with Gasteiger partial charge in [-0.3, -0.25) is 0 Å². The first-order valence-corrected chi connectivity index (χ1v) is 4.53. The van der Waals surface area contributed by atoms with Gasteiger partial charge in [0.25, 0.3) is 0 Å². The fourth-order valence-electron chi connectivity index (χ4n) is 4.02. The summed E-state index contributed by atoms with van der Waals surface area (Å²) < 4.78 is 0. The number of aliphatic hydroxyl groups is 1. The molecule has 0 aromatic rings. The zero-order chi connectivity index (χ0) is 7.80. The van der Waals surface area contributed by atoms with Crippen molar-refractivity contribution in [1.82, 2.24) is 0 Å². The van der Waals surface area contributed by atoms with E-state index in [1.54, 1.807) is 0 Å². The maximum absolute atomic E-state index is 10.1. The molecule has 4 aliphatic carbocycles. The molecule has 5 unspecified atom stereocenters. The van der Waals surface area contributed by atoms with Crippen LogP contribution in [0.2, 0.25) is 0 Å². The van der Waals surface area contributed by atoms with Gasteiger partial charge in [0.2, 0.25) is 0 Å². The molecule has 4 fully saturated rings. The summed E-state index contributed by atoms with van der Waals surface area (Å²) in [5.41, 5.74) is 0.973. The summed E-state index contributed by atoms with van der Waals surface area (Å²) in [6.45, 7) is 6.10. The van der Waals surface area contributed by atoms with Crippen LogP contribution in [0.25, 0.3) is 0 Å². The standard InChI is InChI=1S/C10H14O/c1-5-7-3-6-4-8(7)10(2,11)9(5)6/h6-9,11H,1,3-4H2,2H3. The summed E-state index contributed by atoms with van der Waals surface area (Å²) in [5, 5.41) is 10.1. The first-order valence-electron chi connectivity index (χ1n) is 4.53. The molecule has 4 rings (SSSR count). The van der Waals surface area contributed by atoms with Crippen LogP contribution < -0.4 is 0 Å². The molecule has 11 heavy (non-hydrogen) atoms. The molecule has 5 atom stereocenters. The molecule has 0 aromatic carbocycles. The van der Waals surface area contributed by atoms with Gasteiger partial charge >= 0.3 is 0 Å². The van der Waals surface area contributed by atoms with E-state index in [1.807, 2.05) is 6.92 Å². The Kier molecular flexibility index (Phi) is 0.809. The monoisotopic (exact) mass is 150 g/mol. The Morgan fingerprint density at radius 2 is 2.27 bits per heavy atom. The summed E-state index contributed by atoms with van der Waals surface area (Å²) in [6, 6.07) is 0. The number of hydrogen-bond acceptors (Lipinski definition) is 1. The van der Waals surface area contributed by atoms with E-state index in [4.69, 9.17) is 0 Å². The molecule has 1 N–H and O–H groups in total. The third-order valence-electron chi connectivity index (χ3n) is 4.33. The Hall–Kier alpha value is -0.300. The SMILES string of the molecule is C=C1C2CC3CC2C(C)(O)C13. The first kappa shape index (κ1) is 6.24. The van der Waals surface area contributed by atoms with Crippen LogP contribution in [0.3, 0.4) is 0 Å². The second-order valence-electron chi connectivity index (χ2n) is 4.72. The van der Waals surface area contributed by atoms with E-state index in [9.17, 15) is 5.11 Å². The van der Waals surface area contributed by atoms with Crippen LogP contribution in [0, 0.1) is 23.7 Å². The molecule has 0 heterocycles. The fourth-order valence-corrected chi connectivity index (χ4v) is 4.02. The highest BCUT2D eigenvalue weighted by Gasteiger charge is 2.67. The third-order valence-corrected chi connectivity index (χ3v) is 4.33. The molecule has 0 saturated heterocycles. The number of rotatable bonds is 0. The van der Waals surface area contributed by atoms with E-state index in [0.717, 1.165) is 5.92 Å². The highest BCUT2D eigenvalue weighted by molar-refractivity contribution is 5.33. The zero-order valence-corrected chi connectivity index (χ0v) is 6.88. The lowest BCUT2D eigenvalue weighted by Gasteiger charge is -2.26. The van der Waals surface area contributed by atoms with Gasteiger partial charge in [-0.25, -0.2) is 0 Å². The van der Waals surface area contributed by atoms with Gasteiger partial charge in [-0.05, 0) is 37.5 Å². The second-order valence-corrected chi connectivity index (χ2v) is 4.72. The van der Waals surface area contributed by atoms with Crippen LogP contribution in [-0.2, 0) is 0 Å². The van der Waals surface area contributed by atoms with Crippen molar-refractivity contribution in [2.24, 2.45) is 23.7 Å². The normalized spacial score (nSPS) is 65.1. The second kappa shape index (κ2) is 1.42. The summed E-state index contributed by atoms with van der Waals surface area (Å²) >= 11 is 0. The van der Waals surface area contributed by atoms with Crippen molar-refractivity contribution in [1.29, 1.82) is 0 Å². The lowest BCUT2D eigenvalue weighted by Crippen LogP contribution is -2.34. The van der Waals surface area contributed by atoms with Gasteiger partial charge < -0.3 is 5.11 Å². The topological polar surface area (TPSA) is 20.2 Å². The molecule has 4 aliphatic rings. The largest absolute Gasteiger partial charge is 0.389 e. The van der Waals surface area contributed by atoms with Crippen LogP contribution in [0.1, 0.15) is 19.8 Å². The Labute approximate surface area is 67.1 Å². The maximum Gasteiger partial charge on any atom is 0.0721 e. The predicted molar refractivity (Wildman–Crippen MR) is 43.0 cm³/mol. The van der Waals surface area contributed by atoms with E-state index in [-0.39, 0.29) is 5.60 Å². The Morgan fingerprint density at radius 1 is 1.55 bits per heavy atom. The molecule has 60 valence electrons. The minimum absolute atomic E-state index is 0.384. The van der Waals surface area contributed by atoms with Gasteiger partial charge in [-0.2, -0.15) is 0 Å².